The fraction of sp³-hybridized carbons (Fsp3) is 0.444. The van der Waals surface area contributed by atoms with Crippen LogP contribution in [0.1, 0.15) is 50.6 Å². The fourth-order valence-corrected chi connectivity index (χ4v) is 5.12. The molecule has 1 amide bonds. The van der Waals surface area contributed by atoms with Crippen LogP contribution in [0.25, 0.3) is 5.69 Å². The van der Waals surface area contributed by atoms with Crippen molar-refractivity contribution in [2.24, 2.45) is 5.92 Å². The van der Waals surface area contributed by atoms with Crippen molar-refractivity contribution in [3.8, 4) is 5.69 Å². The number of hydrogen-bond donors (Lipinski definition) is 2. The van der Waals surface area contributed by atoms with Gasteiger partial charge in [0.2, 0.25) is 5.91 Å². The molecule has 5 rings (SSSR count). The van der Waals surface area contributed by atoms with Gasteiger partial charge in [-0.05, 0) is 61.9 Å². The average molecular weight is 459 g/mol. The Bertz CT molecular complexity index is 1070. The molecule has 34 heavy (non-hydrogen) atoms. The largest absolute Gasteiger partial charge is 0.371 e. The van der Waals surface area contributed by atoms with E-state index in [-0.39, 0.29) is 5.91 Å². The van der Waals surface area contributed by atoms with E-state index >= 15 is 0 Å². The molecule has 3 aromatic rings. The Labute approximate surface area is 201 Å². The minimum Gasteiger partial charge on any atom is -0.371 e. The van der Waals surface area contributed by atoms with Crippen LogP contribution in [0.2, 0.25) is 0 Å². The molecule has 2 aromatic carbocycles. The molecule has 7 heteroatoms. The zero-order valence-electron chi connectivity index (χ0n) is 19.7. The number of nitrogens with one attached hydrogen (secondary N) is 2. The molecule has 1 saturated heterocycles. The van der Waals surface area contributed by atoms with Gasteiger partial charge >= 0.3 is 0 Å². The fourth-order valence-electron chi connectivity index (χ4n) is 5.12. The molecule has 1 aliphatic heterocycles. The van der Waals surface area contributed by atoms with Gasteiger partial charge in [-0.15, -0.1) is 0 Å². The first-order valence-corrected chi connectivity index (χ1v) is 12.6. The molecule has 178 valence electrons. The summed E-state index contributed by atoms with van der Waals surface area (Å²) in [5, 5.41) is 15.7. The van der Waals surface area contributed by atoms with Crippen LogP contribution in [0.5, 0.6) is 0 Å². The Kier molecular flexibility index (Phi) is 7.19. The van der Waals surface area contributed by atoms with Crippen molar-refractivity contribution in [3.63, 3.8) is 0 Å². The first-order valence-electron chi connectivity index (χ1n) is 12.6. The summed E-state index contributed by atoms with van der Waals surface area (Å²) < 4.78 is 0. The second-order valence-corrected chi connectivity index (χ2v) is 9.56. The highest BCUT2D eigenvalue weighted by molar-refractivity contribution is 5.91. The third kappa shape index (κ3) is 5.83. The van der Waals surface area contributed by atoms with Crippen molar-refractivity contribution >= 4 is 17.3 Å². The first-order chi connectivity index (χ1) is 16.7. The topological polar surface area (TPSA) is 75.1 Å². The summed E-state index contributed by atoms with van der Waals surface area (Å²) in [6, 6.07) is 18.7. The molecule has 1 aliphatic carbocycles. The molecule has 1 saturated carbocycles. The van der Waals surface area contributed by atoms with Crippen LogP contribution < -0.4 is 15.5 Å². The van der Waals surface area contributed by atoms with E-state index < -0.39 is 0 Å². The molecule has 2 fully saturated rings. The summed E-state index contributed by atoms with van der Waals surface area (Å²) in [6.45, 7) is 2.71. The Morgan fingerprint density at radius 2 is 1.71 bits per heavy atom. The predicted octanol–water partition coefficient (Wildman–Crippen LogP) is 4.54. The van der Waals surface area contributed by atoms with E-state index in [1.165, 1.54) is 31.4 Å². The summed E-state index contributed by atoms with van der Waals surface area (Å²) in [7, 11) is 0. The molecule has 2 aliphatic rings. The molecule has 0 unspecified atom stereocenters. The number of carbonyl (C=O) groups is 1. The van der Waals surface area contributed by atoms with Crippen molar-refractivity contribution in [2.45, 2.75) is 57.5 Å². The summed E-state index contributed by atoms with van der Waals surface area (Å²) in [5.74, 6) is 0.716. The smallest absolute Gasteiger partial charge is 0.224 e. The van der Waals surface area contributed by atoms with Crippen LogP contribution in [0.3, 0.4) is 0 Å². The summed E-state index contributed by atoms with van der Waals surface area (Å²) in [6.07, 6.45) is 9.57. The highest BCUT2D eigenvalue weighted by Crippen LogP contribution is 2.28. The van der Waals surface area contributed by atoms with Crippen molar-refractivity contribution in [1.82, 2.24) is 20.3 Å². The lowest BCUT2D eigenvalue weighted by molar-refractivity contribution is -0.117. The van der Waals surface area contributed by atoms with Crippen molar-refractivity contribution in [2.75, 3.05) is 23.3 Å². The van der Waals surface area contributed by atoms with E-state index in [0.29, 0.717) is 18.4 Å². The van der Waals surface area contributed by atoms with Crippen LogP contribution >= 0.6 is 0 Å². The predicted molar refractivity (Wildman–Crippen MR) is 135 cm³/mol. The maximum absolute atomic E-state index is 12.4. The minimum atomic E-state index is 0.149. The lowest BCUT2D eigenvalue weighted by Gasteiger charge is -2.34. The normalized spacial score (nSPS) is 17.2. The van der Waals surface area contributed by atoms with Gasteiger partial charge < -0.3 is 15.5 Å². The third-order valence-electron chi connectivity index (χ3n) is 7.04. The molecule has 0 spiro atoms. The number of nitrogens with zero attached hydrogens (tertiary/aromatic N) is 4. The van der Waals surface area contributed by atoms with Crippen LogP contribution in [-0.4, -0.2) is 40.0 Å². The van der Waals surface area contributed by atoms with E-state index in [2.05, 4.69) is 37.9 Å². The number of benzene rings is 2. The average Bonchev–Trinajstić information content (AvgIpc) is 3.56. The third-order valence-corrected chi connectivity index (χ3v) is 7.04. The first kappa shape index (κ1) is 22.6. The molecule has 1 aromatic heterocycles. The van der Waals surface area contributed by atoms with Crippen molar-refractivity contribution in [3.05, 3.63) is 66.5 Å². The van der Waals surface area contributed by atoms with Gasteiger partial charge in [0, 0.05) is 43.5 Å². The molecular weight excluding hydrogens is 424 g/mol. The maximum atomic E-state index is 12.4. The quantitative estimate of drug-likeness (QED) is 0.518. The molecule has 2 N–H and O–H groups in total. The summed E-state index contributed by atoms with van der Waals surface area (Å²) >= 11 is 0. The number of rotatable bonds is 8. The van der Waals surface area contributed by atoms with Crippen LogP contribution in [0.4, 0.5) is 11.4 Å². The molecule has 7 nitrogen and oxygen atoms in total. The highest BCUT2D eigenvalue weighted by Gasteiger charge is 2.21. The molecular formula is C27H34N6O. The molecule has 0 radical (unpaired) electrons. The Morgan fingerprint density at radius 1 is 0.941 bits per heavy atom. The van der Waals surface area contributed by atoms with Gasteiger partial charge in [-0.1, -0.05) is 37.1 Å². The van der Waals surface area contributed by atoms with Gasteiger partial charge in [-0.25, -0.2) is 0 Å². The summed E-state index contributed by atoms with van der Waals surface area (Å²) in [5.41, 5.74) is 4.01. The van der Waals surface area contributed by atoms with Gasteiger partial charge in [-0.3, -0.25) is 4.79 Å². The van der Waals surface area contributed by atoms with Crippen molar-refractivity contribution in [1.29, 1.82) is 0 Å². The molecule has 0 atom stereocenters. The second-order valence-electron chi connectivity index (χ2n) is 9.56. The second kappa shape index (κ2) is 10.8. The van der Waals surface area contributed by atoms with E-state index in [4.69, 9.17) is 0 Å². The zero-order valence-corrected chi connectivity index (χ0v) is 19.7. The zero-order chi connectivity index (χ0) is 23.2. The van der Waals surface area contributed by atoms with Gasteiger partial charge in [0.25, 0.3) is 0 Å². The lowest BCUT2D eigenvalue weighted by Crippen LogP contribution is -2.42. The van der Waals surface area contributed by atoms with Gasteiger partial charge in [0.1, 0.15) is 0 Å². The van der Waals surface area contributed by atoms with Crippen molar-refractivity contribution < 1.29 is 4.79 Å². The van der Waals surface area contributed by atoms with Gasteiger partial charge in [-0.2, -0.15) is 15.0 Å². The van der Waals surface area contributed by atoms with Gasteiger partial charge in [0.15, 0.2) is 0 Å². The van der Waals surface area contributed by atoms with Crippen LogP contribution in [-0.2, 0) is 11.3 Å². The number of piperidine rings is 1. The van der Waals surface area contributed by atoms with Gasteiger partial charge in [0.05, 0.1) is 17.6 Å². The Morgan fingerprint density at radius 3 is 2.50 bits per heavy atom. The minimum absolute atomic E-state index is 0.149. The Hall–Kier alpha value is -3.19. The number of amides is 1. The number of hydrogen-bond acceptors (Lipinski definition) is 5. The lowest BCUT2D eigenvalue weighted by atomic mass is 10.0. The maximum Gasteiger partial charge on any atom is 0.224 e. The number of carbonyl (C=O) groups excluding carboxylic acids is 1. The number of aromatic nitrogens is 3. The summed E-state index contributed by atoms with van der Waals surface area (Å²) in [4.78, 5) is 16.5. The Balaban J connectivity index is 1.08. The number of anilines is 2. The monoisotopic (exact) mass is 458 g/mol. The number of para-hydroxylation sites is 1. The molecule has 2 heterocycles. The van der Waals surface area contributed by atoms with Crippen LogP contribution in [0, 0.1) is 5.92 Å². The highest BCUT2D eigenvalue weighted by atomic mass is 16.1. The molecule has 0 bridgehead atoms. The SMILES string of the molecule is O=C(CC1CCCC1)Nc1cccc(N2CCC(NCc3cnn(-c4ccccc4)n3)CC2)c1. The van der Waals surface area contributed by atoms with Crippen LogP contribution in [0.15, 0.2) is 60.8 Å². The van der Waals surface area contributed by atoms with E-state index in [9.17, 15) is 4.79 Å². The van der Waals surface area contributed by atoms with E-state index in [1.807, 2.05) is 48.7 Å². The van der Waals surface area contributed by atoms with E-state index in [1.54, 1.807) is 4.80 Å². The van der Waals surface area contributed by atoms with E-state index in [0.717, 1.165) is 49.5 Å². The standard InChI is InChI=1S/C27H34N6O/c34-27(17-21-7-4-5-8-21)30-23-9-6-12-26(18-23)32-15-13-22(14-16-32)28-19-24-20-29-33(31-24)25-10-2-1-3-11-25/h1-3,6,9-12,18,20-22,28H,4-5,7-8,13-17,19H2,(H,30,34).